The maximum absolute atomic E-state index is 11.6. The number of carbonyl (C=O) groups is 2. The molecule has 0 aliphatic heterocycles. The van der Waals surface area contributed by atoms with Crippen molar-refractivity contribution in [2.75, 3.05) is 13.7 Å². The van der Waals surface area contributed by atoms with Gasteiger partial charge in [-0.3, -0.25) is 14.3 Å². The molecule has 88 valence electrons. The number of aryl methyl sites for hydroxylation is 1. The van der Waals surface area contributed by atoms with E-state index in [0.29, 0.717) is 5.69 Å². The number of carbonyl (C=O) groups excluding carboxylic acids is 2. The lowest BCUT2D eigenvalue weighted by Crippen LogP contribution is -2.34. The van der Waals surface area contributed by atoms with Gasteiger partial charge >= 0.3 is 5.97 Å². The van der Waals surface area contributed by atoms with Gasteiger partial charge in [0.2, 0.25) is 0 Å². The van der Waals surface area contributed by atoms with Gasteiger partial charge in [0.1, 0.15) is 10.5 Å². The third-order valence-corrected chi connectivity index (χ3v) is 2.65. The van der Waals surface area contributed by atoms with E-state index in [0.717, 1.165) is 0 Å². The maximum Gasteiger partial charge on any atom is 0.321 e. The number of alkyl halides is 1. The van der Waals surface area contributed by atoms with Crippen LogP contribution in [0.1, 0.15) is 10.5 Å². The molecule has 1 aromatic rings. The summed E-state index contributed by atoms with van der Waals surface area (Å²) in [5.74, 6) is -0.710. The molecule has 1 heterocycles. The minimum Gasteiger partial charge on any atom is -0.468 e. The van der Waals surface area contributed by atoms with Gasteiger partial charge in [-0.15, -0.1) is 0 Å². The van der Waals surface area contributed by atoms with Gasteiger partial charge in [0, 0.05) is 19.8 Å². The van der Waals surface area contributed by atoms with Gasteiger partial charge in [0.25, 0.3) is 5.91 Å². The summed E-state index contributed by atoms with van der Waals surface area (Å²) in [7, 11) is 2.96. The van der Waals surface area contributed by atoms with E-state index in [2.05, 4.69) is 31.1 Å². The molecular weight excluding hydrogens is 278 g/mol. The smallest absolute Gasteiger partial charge is 0.321 e. The van der Waals surface area contributed by atoms with Crippen molar-refractivity contribution in [3.8, 4) is 0 Å². The van der Waals surface area contributed by atoms with Gasteiger partial charge in [-0.2, -0.15) is 5.10 Å². The van der Waals surface area contributed by atoms with E-state index in [1.165, 1.54) is 18.0 Å². The quantitative estimate of drug-likeness (QED) is 0.630. The van der Waals surface area contributed by atoms with Crippen LogP contribution in [0.3, 0.4) is 0 Å². The number of hydrogen-bond donors (Lipinski definition) is 1. The van der Waals surface area contributed by atoms with Gasteiger partial charge < -0.3 is 10.1 Å². The molecule has 0 bridgehead atoms. The maximum atomic E-state index is 11.6. The highest BCUT2D eigenvalue weighted by Gasteiger charge is 2.17. The third-order valence-electron chi connectivity index (χ3n) is 1.95. The summed E-state index contributed by atoms with van der Waals surface area (Å²) in [5, 5.41) is 6.46. The highest BCUT2D eigenvalue weighted by atomic mass is 79.9. The molecule has 1 aromatic heterocycles. The molecule has 0 radical (unpaired) electrons. The van der Waals surface area contributed by atoms with Crippen LogP contribution in [-0.4, -0.2) is 40.1 Å². The Labute approximate surface area is 101 Å². The van der Waals surface area contributed by atoms with Crippen LogP contribution < -0.4 is 5.32 Å². The third kappa shape index (κ3) is 3.06. The lowest BCUT2D eigenvalue weighted by Gasteiger charge is -2.09. The second-order valence-electron chi connectivity index (χ2n) is 3.04. The lowest BCUT2D eigenvalue weighted by molar-refractivity contribution is -0.139. The Balaban J connectivity index is 2.48. The number of halogens is 1. The number of aromatic nitrogens is 2. The van der Waals surface area contributed by atoms with E-state index in [4.69, 9.17) is 0 Å². The number of nitrogens with zero attached hydrogens (tertiary/aromatic N) is 2. The van der Waals surface area contributed by atoms with E-state index < -0.39 is 10.8 Å². The second-order valence-corrected chi connectivity index (χ2v) is 4.15. The summed E-state index contributed by atoms with van der Waals surface area (Å²) >= 11 is 3.10. The number of nitrogens with one attached hydrogen (secondary N) is 1. The Hall–Kier alpha value is -1.37. The number of hydrogen-bond acceptors (Lipinski definition) is 4. The van der Waals surface area contributed by atoms with Crippen LogP contribution in [0.2, 0.25) is 0 Å². The molecule has 1 unspecified atom stereocenters. The summed E-state index contributed by atoms with van der Waals surface area (Å²) in [6.07, 6.45) is 1.53. The summed E-state index contributed by atoms with van der Waals surface area (Å²) < 4.78 is 5.96. The van der Waals surface area contributed by atoms with Crippen LogP contribution in [0.4, 0.5) is 0 Å². The van der Waals surface area contributed by atoms with Crippen molar-refractivity contribution >= 4 is 27.8 Å². The molecule has 0 fully saturated rings. The molecule has 0 saturated heterocycles. The zero-order chi connectivity index (χ0) is 12.1. The van der Waals surface area contributed by atoms with Crippen LogP contribution in [0.15, 0.2) is 12.3 Å². The van der Waals surface area contributed by atoms with Gasteiger partial charge in [-0.05, 0) is 6.07 Å². The lowest BCUT2D eigenvalue weighted by atomic mass is 10.3. The van der Waals surface area contributed by atoms with E-state index >= 15 is 0 Å². The molecule has 1 N–H and O–H groups in total. The first-order valence-corrected chi connectivity index (χ1v) is 5.46. The Bertz CT molecular complexity index is 391. The van der Waals surface area contributed by atoms with Crippen LogP contribution in [0, 0.1) is 0 Å². The summed E-state index contributed by atoms with van der Waals surface area (Å²) in [6.45, 7) is 0.163. The van der Waals surface area contributed by atoms with Crippen molar-refractivity contribution in [3.63, 3.8) is 0 Å². The predicted octanol–water partition coefficient (Wildman–Crippen LogP) is 0.0864. The molecule has 6 nitrogen and oxygen atoms in total. The summed E-state index contributed by atoms with van der Waals surface area (Å²) in [5.41, 5.74) is 0.435. The van der Waals surface area contributed by atoms with E-state index in [-0.39, 0.29) is 12.5 Å². The fraction of sp³-hybridized carbons (Fsp3) is 0.444. The zero-order valence-electron chi connectivity index (χ0n) is 8.94. The first kappa shape index (κ1) is 12.7. The van der Waals surface area contributed by atoms with E-state index in [1.54, 1.807) is 13.1 Å². The fourth-order valence-electron chi connectivity index (χ4n) is 1.08. The Morgan fingerprint density at radius 2 is 2.38 bits per heavy atom. The minimum absolute atomic E-state index is 0.163. The van der Waals surface area contributed by atoms with Crippen LogP contribution in [-0.2, 0) is 16.6 Å². The van der Waals surface area contributed by atoms with Crippen LogP contribution >= 0.6 is 15.9 Å². The zero-order valence-corrected chi connectivity index (χ0v) is 10.5. The standard InChI is InChI=1S/C9H12BrN3O3/c1-13-7(3-4-12-13)8(14)11-5-6(10)9(15)16-2/h3-4,6H,5H2,1-2H3,(H,11,14). The Morgan fingerprint density at radius 3 is 2.88 bits per heavy atom. The van der Waals surface area contributed by atoms with E-state index in [1.807, 2.05) is 0 Å². The Kier molecular flexibility index (Phi) is 4.48. The average molecular weight is 290 g/mol. The van der Waals surface area contributed by atoms with Crippen molar-refractivity contribution in [1.29, 1.82) is 0 Å². The molecular formula is C9H12BrN3O3. The van der Waals surface area contributed by atoms with Crippen molar-refractivity contribution < 1.29 is 14.3 Å². The first-order valence-electron chi connectivity index (χ1n) is 4.54. The van der Waals surface area contributed by atoms with Crippen molar-refractivity contribution in [1.82, 2.24) is 15.1 Å². The van der Waals surface area contributed by atoms with Gasteiger partial charge in [-0.25, -0.2) is 0 Å². The highest BCUT2D eigenvalue weighted by molar-refractivity contribution is 9.10. The normalized spacial score (nSPS) is 11.9. The van der Waals surface area contributed by atoms with Crippen LogP contribution in [0.5, 0.6) is 0 Å². The summed E-state index contributed by atoms with van der Waals surface area (Å²) in [4.78, 5) is 22.1. The second kappa shape index (κ2) is 5.64. The average Bonchev–Trinajstić information content (AvgIpc) is 2.70. The molecule has 7 heteroatoms. The molecule has 0 saturated carbocycles. The molecule has 1 amide bonds. The molecule has 0 aliphatic rings. The van der Waals surface area contributed by atoms with Crippen molar-refractivity contribution in [2.24, 2.45) is 7.05 Å². The molecule has 0 spiro atoms. The molecule has 16 heavy (non-hydrogen) atoms. The van der Waals surface area contributed by atoms with Gasteiger partial charge in [0.05, 0.1) is 7.11 Å². The Morgan fingerprint density at radius 1 is 1.69 bits per heavy atom. The number of esters is 1. The fourth-order valence-corrected chi connectivity index (χ4v) is 1.43. The largest absolute Gasteiger partial charge is 0.468 e. The number of amides is 1. The molecule has 1 rings (SSSR count). The van der Waals surface area contributed by atoms with Crippen LogP contribution in [0.25, 0.3) is 0 Å². The van der Waals surface area contributed by atoms with Gasteiger partial charge in [-0.1, -0.05) is 15.9 Å². The molecule has 1 atom stereocenters. The van der Waals surface area contributed by atoms with Crippen molar-refractivity contribution in [3.05, 3.63) is 18.0 Å². The van der Waals surface area contributed by atoms with Crippen molar-refractivity contribution in [2.45, 2.75) is 4.83 Å². The number of ether oxygens (including phenoxy) is 1. The summed E-state index contributed by atoms with van der Waals surface area (Å²) in [6, 6.07) is 1.59. The SMILES string of the molecule is COC(=O)C(Br)CNC(=O)c1ccnn1C. The number of methoxy groups -OCH3 is 1. The first-order chi connectivity index (χ1) is 7.56. The molecule has 0 aromatic carbocycles. The monoisotopic (exact) mass is 289 g/mol. The topological polar surface area (TPSA) is 73.2 Å². The number of rotatable bonds is 4. The van der Waals surface area contributed by atoms with Gasteiger partial charge in [0.15, 0.2) is 0 Å². The van der Waals surface area contributed by atoms with E-state index in [9.17, 15) is 9.59 Å². The highest BCUT2D eigenvalue weighted by Crippen LogP contribution is 2.01. The minimum atomic E-state index is -0.547. The molecule has 0 aliphatic carbocycles. The predicted molar refractivity (Wildman–Crippen MR) is 60.3 cm³/mol.